The number of amides is 2. The van der Waals surface area contributed by atoms with E-state index in [1.807, 2.05) is 31.2 Å². The molecule has 0 aliphatic carbocycles. The van der Waals surface area contributed by atoms with Gasteiger partial charge in [-0.2, -0.15) is 4.98 Å². The number of nitrogens with zero attached hydrogens (tertiary/aromatic N) is 4. The number of carbonyl (C=O) groups is 2. The predicted octanol–water partition coefficient (Wildman–Crippen LogP) is 2.12. The molecule has 11 heteroatoms. The van der Waals surface area contributed by atoms with Gasteiger partial charge in [0.05, 0.1) is 11.7 Å². The molecule has 1 atom stereocenters. The summed E-state index contributed by atoms with van der Waals surface area (Å²) < 4.78 is 5.87. The number of piperazine rings is 1. The van der Waals surface area contributed by atoms with E-state index in [2.05, 4.69) is 20.2 Å². The molecule has 2 aliphatic rings. The summed E-state index contributed by atoms with van der Waals surface area (Å²) in [5, 5.41) is 12.9. The summed E-state index contributed by atoms with van der Waals surface area (Å²) in [4.78, 5) is 37.8. The van der Waals surface area contributed by atoms with Crippen molar-refractivity contribution in [2.45, 2.75) is 19.4 Å². The summed E-state index contributed by atoms with van der Waals surface area (Å²) in [6, 6.07) is 7.45. The van der Waals surface area contributed by atoms with Crippen LogP contribution < -0.4 is 20.7 Å². The van der Waals surface area contributed by atoms with Crippen molar-refractivity contribution in [2.75, 3.05) is 43.4 Å². The van der Waals surface area contributed by atoms with E-state index in [9.17, 15) is 9.59 Å². The van der Waals surface area contributed by atoms with Crippen LogP contribution >= 0.6 is 11.3 Å². The van der Waals surface area contributed by atoms with Gasteiger partial charge in [-0.25, -0.2) is 9.78 Å². The summed E-state index contributed by atoms with van der Waals surface area (Å²) in [6.07, 6.45) is -0.295. The number of pyridine rings is 2. The van der Waals surface area contributed by atoms with Gasteiger partial charge in [0.15, 0.2) is 0 Å². The number of aryl methyl sites for hydroxylation is 1. The second-order valence-electron chi connectivity index (χ2n) is 8.23. The third-order valence-corrected chi connectivity index (χ3v) is 7.07. The van der Waals surface area contributed by atoms with Crippen molar-refractivity contribution in [2.24, 2.45) is 0 Å². The number of hydrogen-bond donors (Lipinski definition) is 3. The summed E-state index contributed by atoms with van der Waals surface area (Å²) >= 11 is 1.29. The van der Waals surface area contributed by atoms with Crippen molar-refractivity contribution in [1.82, 2.24) is 20.2 Å². The minimum Gasteiger partial charge on any atom is -0.475 e. The van der Waals surface area contributed by atoms with Gasteiger partial charge in [-0.05, 0) is 31.2 Å². The Hall–Kier alpha value is -3.60. The Kier molecular flexibility index (Phi) is 5.41. The molecule has 0 spiro atoms. The van der Waals surface area contributed by atoms with Crippen LogP contribution in [0.15, 0.2) is 24.3 Å². The Bertz CT molecular complexity index is 1240. The highest BCUT2D eigenvalue weighted by atomic mass is 32.1. The number of rotatable bonds is 3. The fraction of sp³-hybridized carbons (Fsp3) is 0.364. The summed E-state index contributed by atoms with van der Waals surface area (Å²) in [5.74, 6) is 1.09. The van der Waals surface area contributed by atoms with Gasteiger partial charge < -0.3 is 30.7 Å². The second kappa shape index (κ2) is 8.39. The molecular formula is C22H24N6O4S. The van der Waals surface area contributed by atoms with E-state index in [-0.39, 0.29) is 11.9 Å². The molecule has 0 aromatic carbocycles. The van der Waals surface area contributed by atoms with Crippen LogP contribution in [0.1, 0.15) is 20.9 Å². The number of anilines is 2. The van der Waals surface area contributed by atoms with E-state index in [4.69, 9.17) is 15.6 Å². The molecule has 0 radical (unpaired) electrons. The normalized spacial score (nSPS) is 18.0. The Morgan fingerprint density at radius 1 is 1.18 bits per heavy atom. The number of carboxylic acid groups (broad SMARTS) is 1. The third kappa shape index (κ3) is 4.11. The van der Waals surface area contributed by atoms with Gasteiger partial charge >= 0.3 is 6.09 Å². The first-order chi connectivity index (χ1) is 15.9. The molecule has 10 nitrogen and oxygen atoms in total. The lowest BCUT2D eigenvalue weighted by molar-refractivity contribution is 0.0918. The highest BCUT2D eigenvalue weighted by Gasteiger charge is 2.27. The van der Waals surface area contributed by atoms with E-state index >= 15 is 0 Å². The highest BCUT2D eigenvalue weighted by Crippen LogP contribution is 2.33. The van der Waals surface area contributed by atoms with Crippen LogP contribution in [0.2, 0.25) is 0 Å². The van der Waals surface area contributed by atoms with Crippen LogP contribution in [0.25, 0.3) is 10.2 Å². The topological polar surface area (TPSA) is 134 Å². The Morgan fingerprint density at radius 3 is 2.73 bits per heavy atom. The van der Waals surface area contributed by atoms with Crippen LogP contribution in [0.3, 0.4) is 0 Å². The lowest BCUT2D eigenvalue weighted by atomic mass is 10.1. The number of thiophene rings is 1. The molecule has 5 heterocycles. The Balaban J connectivity index is 1.25. The summed E-state index contributed by atoms with van der Waals surface area (Å²) in [7, 11) is 0. The SMILES string of the molecule is Cc1ccc2c(N)c(C(=O)N[C@@H]3COc4nc(N5CCN(C(=O)O)CC5)ccc4C3)sc2n1. The summed E-state index contributed by atoms with van der Waals surface area (Å²) in [6.45, 7) is 4.27. The van der Waals surface area contributed by atoms with Crippen LogP contribution in [0.4, 0.5) is 16.3 Å². The van der Waals surface area contributed by atoms with Crippen molar-refractivity contribution in [3.63, 3.8) is 0 Å². The van der Waals surface area contributed by atoms with Crippen molar-refractivity contribution < 1.29 is 19.4 Å². The number of fused-ring (bicyclic) bond motifs is 2. The summed E-state index contributed by atoms with van der Waals surface area (Å²) in [5.41, 5.74) is 8.46. The molecule has 0 unspecified atom stereocenters. The van der Waals surface area contributed by atoms with Gasteiger partial charge in [-0.15, -0.1) is 11.3 Å². The molecule has 0 bridgehead atoms. The minimum absolute atomic E-state index is 0.198. The first-order valence-corrected chi connectivity index (χ1v) is 11.5. The molecule has 172 valence electrons. The molecule has 5 rings (SSSR count). The predicted molar refractivity (Wildman–Crippen MR) is 125 cm³/mol. The number of carbonyl (C=O) groups excluding carboxylic acids is 1. The first kappa shape index (κ1) is 21.3. The molecule has 33 heavy (non-hydrogen) atoms. The average Bonchev–Trinajstić information content (AvgIpc) is 3.14. The van der Waals surface area contributed by atoms with E-state index in [0.29, 0.717) is 55.7 Å². The maximum Gasteiger partial charge on any atom is 0.407 e. The fourth-order valence-electron chi connectivity index (χ4n) is 4.15. The third-order valence-electron chi connectivity index (χ3n) is 5.96. The molecule has 3 aromatic heterocycles. The lowest BCUT2D eigenvalue weighted by Gasteiger charge is -2.34. The van der Waals surface area contributed by atoms with E-state index in [0.717, 1.165) is 27.3 Å². The number of hydrogen-bond acceptors (Lipinski definition) is 8. The van der Waals surface area contributed by atoms with Gasteiger partial charge in [0, 0.05) is 49.2 Å². The van der Waals surface area contributed by atoms with Gasteiger partial charge in [0.25, 0.3) is 5.91 Å². The monoisotopic (exact) mass is 468 g/mol. The number of ether oxygens (including phenoxy) is 1. The first-order valence-electron chi connectivity index (χ1n) is 10.7. The van der Waals surface area contributed by atoms with E-state index in [1.54, 1.807) is 0 Å². The smallest absolute Gasteiger partial charge is 0.407 e. The zero-order valence-corrected chi connectivity index (χ0v) is 18.9. The van der Waals surface area contributed by atoms with Crippen molar-refractivity contribution in [3.05, 3.63) is 40.4 Å². The van der Waals surface area contributed by atoms with E-state index < -0.39 is 6.09 Å². The van der Waals surface area contributed by atoms with Crippen LogP contribution in [0.5, 0.6) is 5.88 Å². The second-order valence-corrected chi connectivity index (χ2v) is 9.23. The molecule has 4 N–H and O–H groups in total. The molecule has 0 saturated carbocycles. The average molecular weight is 469 g/mol. The standard InChI is InChI=1S/C22H24N6O4S/c1-12-2-4-15-17(23)18(33-21(15)24-12)19(29)25-14-10-13-3-5-16(26-20(13)32-11-14)27-6-8-28(9-7-27)22(30)31/h2-5,14H,6-11,23H2,1H3,(H,25,29)(H,30,31)/t14-/m0/s1. The Morgan fingerprint density at radius 2 is 1.97 bits per heavy atom. The zero-order chi connectivity index (χ0) is 23.1. The van der Waals surface area contributed by atoms with Crippen LogP contribution in [-0.4, -0.2) is 70.8 Å². The molecule has 1 saturated heterocycles. The molecule has 2 amide bonds. The quantitative estimate of drug-likeness (QED) is 0.532. The fourth-order valence-corrected chi connectivity index (χ4v) is 5.19. The highest BCUT2D eigenvalue weighted by molar-refractivity contribution is 7.21. The molecule has 1 fully saturated rings. The minimum atomic E-state index is -0.895. The van der Waals surface area contributed by atoms with E-state index in [1.165, 1.54) is 16.2 Å². The maximum atomic E-state index is 12.9. The van der Waals surface area contributed by atoms with Crippen molar-refractivity contribution >= 4 is 45.1 Å². The number of nitrogens with one attached hydrogen (secondary N) is 1. The van der Waals surface area contributed by atoms with Crippen molar-refractivity contribution in [1.29, 1.82) is 0 Å². The number of nitrogen functional groups attached to an aromatic ring is 1. The van der Waals surface area contributed by atoms with Crippen molar-refractivity contribution in [3.8, 4) is 5.88 Å². The van der Waals surface area contributed by atoms with Crippen LogP contribution in [-0.2, 0) is 6.42 Å². The lowest BCUT2D eigenvalue weighted by Crippen LogP contribution is -2.48. The van der Waals surface area contributed by atoms with Crippen LogP contribution in [0, 0.1) is 6.92 Å². The zero-order valence-electron chi connectivity index (χ0n) is 18.1. The maximum absolute atomic E-state index is 12.9. The Labute approximate surface area is 194 Å². The largest absolute Gasteiger partial charge is 0.475 e. The molecule has 2 aliphatic heterocycles. The van der Waals surface area contributed by atoms with Gasteiger partial charge in [0.1, 0.15) is 22.1 Å². The number of aromatic nitrogens is 2. The van der Waals surface area contributed by atoms with Gasteiger partial charge in [-0.1, -0.05) is 0 Å². The van der Waals surface area contributed by atoms with Gasteiger partial charge in [-0.3, -0.25) is 4.79 Å². The molecular weight excluding hydrogens is 444 g/mol. The van der Waals surface area contributed by atoms with Gasteiger partial charge in [0.2, 0.25) is 5.88 Å². The molecule has 3 aromatic rings. The number of nitrogens with two attached hydrogens (primary N) is 1.